The quantitative estimate of drug-likeness (QED) is 0.490. The first kappa shape index (κ1) is 52.2. The van der Waals surface area contributed by atoms with Gasteiger partial charge in [-0.1, -0.05) is 0 Å². The van der Waals surface area contributed by atoms with E-state index in [-0.39, 0.29) is 55.2 Å². The van der Waals surface area contributed by atoms with Crippen LogP contribution in [0.3, 0.4) is 0 Å². The summed E-state index contributed by atoms with van der Waals surface area (Å²) in [5.41, 5.74) is 0. The van der Waals surface area contributed by atoms with Crippen molar-refractivity contribution in [3.8, 4) is 0 Å². The van der Waals surface area contributed by atoms with Crippen molar-refractivity contribution in [1.29, 1.82) is 0 Å². The average molecular weight is 184 g/mol. The Morgan fingerprint density at radius 3 is 0.500 bits per heavy atom. The zero-order valence-electron chi connectivity index (χ0n) is 1.67. The van der Waals surface area contributed by atoms with Crippen LogP contribution in [0.25, 0.3) is 0 Å². The van der Waals surface area contributed by atoms with Gasteiger partial charge in [-0.15, -0.1) is 37.2 Å². The van der Waals surface area contributed by atoms with Crippen LogP contribution in [0.5, 0.6) is 0 Å². The van der Waals surface area contributed by atoms with Gasteiger partial charge >= 0.3 is 0 Å². The normalized spacial score (nSPS) is 0. The van der Waals surface area contributed by atoms with E-state index in [0.717, 1.165) is 0 Å². The van der Waals surface area contributed by atoms with Crippen molar-refractivity contribution < 1.29 is 0 Å². The van der Waals surface area contributed by atoms with Crippen LogP contribution in [0, 0.1) is 0 Å². The summed E-state index contributed by atoms with van der Waals surface area (Å²) in [5, 5.41) is 0. The van der Waals surface area contributed by atoms with E-state index in [9.17, 15) is 0 Å². The minimum absolute atomic E-state index is 0. The average Bonchev–Trinajstić information content (AvgIpc) is 0. The minimum Gasteiger partial charge on any atom is -0.147 e. The van der Waals surface area contributed by atoms with E-state index in [4.69, 9.17) is 0 Å². The second-order valence-electron chi connectivity index (χ2n) is 0. The monoisotopic (exact) mass is 183 g/mol. The predicted molar refractivity (Wildman–Crippen MR) is 27.5 cm³/mol. The maximum Gasteiger partial charge on any atom is 0 e. The smallest absolute Gasteiger partial charge is 0 e. The van der Waals surface area contributed by atoms with E-state index < -0.39 is 0 Å². The van der Waals surface area contributed by atoms with Crippen LogP contribution in [-0.2, 0) is 0 Å². The number of hydrogen-bond donors (Lipinski definition) is 0. The van der Waals surface area contributed by atoms with Crippen molar-refractivity contribution in [2.45, 2.75) is 0 Å². The molecule has 0 aliphatic heterocycles. The van der Waals surface area contributed by atoms with E-state index in [1.165, 1.54) is 0 Å². The van der Waals surface area contributed by atoms with Crippen molar-refractivity contribution in [3.63, 3.8) is 0 Å². The molecule has 0 rings (SSSR count). The van der Waals surface area contributed by atoms with Gasteiger partial charge in [-0.25, -0.2) is 0 Å². The summed E-state index contributed by atoms with van der Waals surface area (Å²) in [6.45, 7) is 0. The van der Waals surface area contributed by atoms with Gasteiger partial charge in [0.2, 0.25) is 0 Å². The van der Waals surface area contributed by atoms with Crippen molar-refractivity contribution in [2.24, 2.45) is 0 Å². The third kappa shape index (κ3) is 9.91. The molecule has 4 heavy (non-hydrogen) atoms. The Kier molecular flexibility index (Phi) is 333. The molecule has 3 radical (unpaired) electrons. The molecule has 0 nitrogen and oxygen atoms in total. The van der Waals surface area contributed by atoms with Crippen LogP contribution in [0.15, 0.2) is 0 Å². The first-order chi connectivity index (χ1) is 0. The Balaban J connectivity index is 0. The Morgan fingerprint density at radius 1 is 0.500 bits per heavy atom. The van der Waals surface area contributed by atoms with E-state index in [1.54, 1.807) is 0 Å². The second kappa shape index (κ2) is 25.5. The third-order valence-corrected chi connectivity index (χ3v) is 0. The molecule has 4 heteroatoms. The number of hydrogen-bond acceptors (Lipinski definition) is 0. The van der Waals surface area contributed by atoms with Gasteiger partial charge in [0.05, 0.1) is 0 Å². The van der Waals surface area contributed by atoms with Gasteiger partial charge in [0.1, 0.15) is 0 Å². The minimum atomic E-state index is 0. The standard InChI is InChI=1S/As.3ClH/h;3*1H. The molecule has 0 atom stereocenters. The molecular formula is H3AsCl3. The molecule has 0 aromatic heterocycles. The van der Waals surface area contributed by atoms with Crippen LogP contribution in [0.4, 0.5) is 0 Å². The predicted octanol–water partition coefficient (Wildman–Crippen LogP) is 0.885. The summed E-state index contributed by atoms with van der Waals surface area (Å²) in [5.74, 6) is 0. The van der Waals surface area contributed by atoms with Gasteiger partial charge in [0.15, 0.2) is 0 Å². The molecule has 0 N–H and O–H groups in total. The molecule has 0 saturated heterocycles. The molecule has 0 saturated carbocycles. The molecule has 0 spiro atoms. The van der Waals surface area contributed by atoms with Crippen LogP contribution in [0.1, 0.15) is 0 Å². The van der Waals surface area contributed by atoms with Crippen molar-refractivity contribution in [1.82, 2.24) is 0 Å². The maximum absolute atomic E-state index is 0. The molecule has 0 aromatic rings. The molecule has 29 valence electrons. The molecule has 0 aromatic carbocycles. The molecule has 0 aliphatic rings. The fourth-order valence-corrected chi connectivity index (χ4v) is 0. The topological polar surface area (TPSA) is 0 Å². The third-order valence-electron chi connectivity index (χ3n) is 0. The second-order valence-corrected chi connectivity index (χ2v) is 0. The van der Waals surface area contributed by atoms with Crippen LogP contribution < -0.4 is 0 Å². The number of rotatable bonds is 0. The van der Waals surface area contributed by atoms with E-state index in [0.29, 0.717) is 0 Å². The Bertz CT molecular complexity index is 3.25. The fourth-order valence-electron chi connectivity index (χ4n) is 0. The molecular weight excluding hydrogens is 181 g/mol. The van der Waals surface area contributed by atoms with Gasteiger partial charge < -0.3 is 0 Å². The molecule has 0 fully saturated rings. The summed E-state index contributed by atoms with van der Waals surface area (Å²) in [4.78, 5) is 0. The van der Waals surface area contributed by atoms with E-state index >= 15 is 0 Å². The summed E-state index contributed by atoms with van der Waals surface area (Å²) in [6, 6.07) is 0. The first-order valence-electron chi connectivity index (χ1n) is 0. The Hall–Kier alpha value is 1.43. The van der Waals surface area contributed by atoms with Gasteiger partial charge in [0, 0.05) is 18.0 Å². The summed E-state index contributed by atoms with van der Waals surface area (Å²) in [6.07, 6.45) is 0. The largest absolute Gasteiger partial charge is 0.147 e. The Morgan fingerprint density at radius 2 is 0.500 bits per heavy atom. The van der Waals surface area contributed by atoms with Gasteiger partial charge in [0.25, 0.3) is 0 Å². The first-order valence-corrected chi connectivity index (χ1v) is 0. The zero-order chi connectivity index (χ0) is 0. The van der Waals surface area contributed by atoms with Crippen molar-refractivity contribution in [2.75, 3.05) is 0 Å². The SMILES string of the molecule is Cl.Cl.Cl.[As]. The van der Waals surface area contributed by atoms with Gasteiger partial charge in [-0.3, -0.25) is 0 Å². The summed E-state index contributed by atoms with van der Waals surface area (Å²) >= 11 is 0. The summed E-state index contributed by atoms with van der Waals surface area (Å²) in [7, 11) is 0. The molecule has 0 aliphatic carbocycles. The summed E-state index contributed by atoms with van der Waals surface area (Å²) < 4.78 is 0. The van der Waals surface area contributed by atoms with Gasteiger partial charge in [-0.2, -0.15) is 0 Å². The Labute approximate surface area is 55.3 Å². The van der Waals surface area contributed by atoms with Crippen LogP contribution in [-0.4, -0.2) is 18.0 Å². The maximum atomic E-state index is 0. The fraction of sp³-hybridized carbons (Fsp3) is 0. The van der Waals surface area contributed by atoms with Crippen molar-refractivity contribution >= 4 is 55.2 Å². The zero-order valence-corrected chi connectivity index (χ0v) is 6.00. The molecule has 0 unspecified atom stereocenters. The van der Waals surface area contributed by atoms with Gasteiger partial charge in [-0.05, 0) is 0 Å². The number of halogens is 3. The van der Waals surface area contributed by atoms with Crippen LogP contribution >= 0.6 is 37.2 Å². The molecule has 0 bridgehead atoms. The molecule has 0 amide bonds. The molecule has 0 heterocycles. The van der Waals surface area contributed by atoms with E-state index in [2.05, 4.69) is 0 Å². The van der Waals surface area contributed by atoms with Crippen molar-refractivity contribution in [3.05, 3.63) is 0 Å². The van der Waals surface area contributed by atoms with Crippen LogP contribution in [0.2, 0.25) is 0 Å². The van der Waals surface area contributed by atoms with E-state index in [1.807, 2.05) is 0 Å².